The van der Waals surface area contributed by atoms with Gasteiger partial charge in [0.2, 0.25) is 10.0 Å². The van der Waals surface area contributed by atoms with Crippen molar-refractivity contribution in [1.29, 1.82) is 0 Å². The second-order valence-electron chi connectivity index (χ2n) is 4.04. The van der Waals surface area contributed by atoms with E-state index in [1.54, 1.807) is 0 Å². The van der Waals surface area contributed by atoms with E-state index in [0.717, 1.165) is 12.8 Å². The standard InChI is InChI=1S/C9H18N2O4S/c10-7-8-1-4-11(5-2-8)16(14,15)6-3-9(12)13/h8H,1-7,10H2,(H,12,13). The highest BCUT2D eigenvalue weighted by Crippen LogP contribution is 2.18. The number of hydrogen-bond donors (Lipinski definition) is 2. The smallest absolute Gasteiger partial charge is 0.304 e. The molecule has 0 aromatic carbocycles. The summed E-state index contributed by atoms with van der Waals surface area (Å²) < 4.78 is 24.8. The summed E-state index contributed by atoms with van der Waals surface area (Å²) in [7, 11) is -3.40. The van der Waals surface area contributed by atoms with Gasteiger partial charge in [0.1, 0.15) is 0 Å². The molecule has 1 rings (SSSR count). The molecule has 1 fully saturated rings. The minimum absolute atomic E-state index is 0.310. The Labute approximate surface area is 95.5 Å². The van der Waals surface area contributed by atoms with Gasteiger partial charge in [-0.15, -0.1) is 0 Å². The minimum atomic E-state index is -3.40. The van der Waals surface area contributed by atoms with E-state index < -0.39 is 16.0 Å². The van der Waals surface area contributed by atoms with Crippen LogP contribution >= 0.6 is 0 Å². The van der Waals surface area contributed by atoms with Gasteiger partial charge in [0.25, 0.3) is 0 Å². The van der Waals surface area contributed by atoms with Crippen LogP contribution in [0.2, 0.25) is 0 Å². The molecule has 6 nitrogen and oxygen atoms in total. The van der Waals surface area contributed by atoms with Gasteiger partial charge in [-0.2, -0.15) is 0 Å². The normalized spacial score (nSPS) is 19.8. The lowest BCUT2D eigenvalue weighted by molar-refractivity contribution is -0.136. The van der Waals surface area contributed by atoms with Crippen LogP contribution in [0.25, 0.3) is 0 Å². The Kier molecular flexibility index (Phi) is 4.69. The fourth-order valence-corrected chi connectivity index (χ4v) is 3.23. The molecule has 0 radical (unpaired) electrons. The van der Waals surface area contributed by atoms with Gasteiger partial charge < -0.3 is 10.8 Å². The Morgan fingerprint density at radius 2 is 1.94 bits per heavy atom. The third kappa shape index (κ3) is 3.73. The number of sulfonamides is 1. The number of piperidine rings is 1. The van der Waals surface area contributed by atoms with Gasteiger partial charge in [-0.25, -0.2) is 12.7 Å². The summed E-state index contributed by atoms with van der Waals surface area (Å²) in [5.41, 5.74) is 5.51. The maximum atomic E-state index is 11.7. The fourth-order valence-electron chi connectivity index (χ4n) is 1.77. The molecule has 0 unspecified atom stereocenters. The van der Waals surface area contributed by atoms with Gasteiger partial charge in [0, 0.05) is 13.1 Å². The summed E-state index contributed by atoms with van der Waals surface area (Å²) in [6.45, 7) is 1.51. The van der Waals surface area contributed by atoms with Crippen LogP contribution in [0.3, 0.4) is 0 Å². The molecule has 94 valence electrons. The number of carboxylic acid groups (broad SMARTS) is 1. The van der Waals surface area contributed by atoms with Crippen LogP contribution in [0, 0.1) is 5.92 Å². The Morgan fingerprint density at radius 3 is 2.38 bits per heavy atom. The highest BCUT2D eigenvalue weighted by Gasteiger charge is 2.27. The molecule has 0 spiro atoms. The number of aliphatic carboxylic acids is 1. The van der Waals surface area contributed by atoms with Crippen molar-refractivity contribution in [3.8, 4) is 0 Å². The first-order valence-electron chi connectivity index (χ1n) is 5.35. The van der Waals surface area contributed by atoms with Crippen LogP contribution in [0.5, 0.6) is 0 Å². The van der Waals surface area contributed by atoms with Crippen LogP contribution in [-0.2, 0) is 14.8 Å². The quantitative estimate of drug-likeness (QED) is 0.682. The number of nitrogens with zero attached hydrogens (tertiary/aromatic N) is 1. The van der Waals surface area contributed by atoms with E-state index in [9.17, 15) is 13.2 Å². The third-order valence-corrected chi connectivity index (χ3v) is 4.75. The van der Waals surface area contributed by atoms with E-state index >= 15 is 0 Å². The topological polar surface area (TPSA) is 101 Å². The predicted molar refractivity (Wildman–Crippen MR) is 59.4 cm³/mol. The number of hydrogen-bond acceptors (Lipinski definition) is 4. The fraction of sp³-hybridized carbons (Fsp3) is 0.889. The molecule has 0 saturated carbocycles. The lowest BCUT2D eigenvalue weighted by Crippen LogP contribution is -2.41. The number of carbonyl (C=O) groups is 1. The molecular weight excluding hydrogens is 232 g/mol. The van der Waals surface area contributed by atoms with Crippen molar-refractivity contribution in [3.05, 3.63) is 0 Å². The predicted octanol–water partition coefficient (Wildman–Crippen LogP) is -0.538. The molecule has 1 heterocycles. The molecule has 0 amide bonds. The van der Waals surface area contributed by atoms with Crippen LogP contribution in [-0.4, -0.2) is 49.2 Å². The molecule has 1 aliphatic heterocycles. The van der Waals surface area contributed by atoms with Gasteiger partial charge in [-0.05, 0) is 25.3 Å². The van der Waals surface area contributed by atoms with Crippen molar-refractivity contribution >= 4 is 16.0 Å². The number of rotatable bonds is 5. The molecule has 0 atom stereocenters. The summed E-state index contributed by atoms with van der Waals surface area (Å²) in [5.74, 6) is -0.998. The molecule has 0 aromatic heterocycles. The number of nitrogens with two attached hydrogens (primary N) is 1. The van der Waals surface area contributed by atoms with Crippen molar-refractivity contribution in [1.82, 2.24) is 4.31 Å². The summed E-state index contributed by atoms with van der Waals surface area (Å²) in [4.78, 5) is 10.3. The zero-order valence-corrected chi connectivity index (χ0v) is 9.95. The van der Waals surface area contributed by atoms with Crippen molar-refractivity contribution in [2.75, 3.05) is 25.4 Å². The first-order chi connectivity index (χ1) is 7.45. The second kappa shape index (κ2) is 5.60. The first-order valence-corrected chi connectivity index (χ1v) is 6.96. The van der Waals surface area contributed by atoms with Crippen LogP contribution < -0.4 is 5.73 Å². The van der Waals surface area contributed by atoms with Crippen molar-refractivity contribution < 1.29 is 18.3 Å². The van der Waals surface area contributed by atoms with Crippen LogP contribution in [0.4, 0.5) is 0 Å². The van der Waals surface area contributed by atoms with Crippen molar-refractivity contribution in [3.63, 3.8) is 0 Å². The highest BCUT2D eigenvalue weighted by atomic mass is 32.2. The average Bonchev–Trinajstić information content (AvgIpc) is 2.27. The van der Waals surface area contributed by atoms with Gasteiger partial charge in [-0.1, -0.05) is 0 Å². The lowest BCUT2D eigenvalue weighted by Gasteiger charge is -2.30. The largest absolute Gasteiger partial charge is 0.481 e. The molecule has 7 heteroatoms. The molecular formula is C9H18N2O4S. The summed E-state index contributed by atoms with van der Waals surface area (Å²) >= 11 is 0. The first kappa shape index (κ1) is 13.4. The van der Waals surface area contributed by atoms with Crippen LogP contribution in [0.15, 0.2) is 0 Å². The second-order valence-corrected chi connectivity index (χ2v) is 6.13. The third-order valence-electron chi connectivity index (χ3n) is 2.87. The van der Waals surface area contributed by atoms with Crippen molar-refractivity contribution in [2.24, 2.45) is 11.7 Å². The lowest BCUT2D eigenvalue weighted by atomic mass is 9.99. The molecule has 1 saturated heterocycles. The number of carboxylic acids is 1. The van der Waals surface area contributed by atoms with E-state index in [-0.39, 0.29) is 12.2 Å². The van der Waals surface area contributed by atoms with Crippen LogP contribution in [0.1, 0.15) is 19.3 Å². The Hall–Kier alpha value is -0.660. The Bertz CT molecular complexity index is 333. The SMILES string of the molecule is NCC1CCN(S(=O)(=O)CCC(=O)O)CC1. The average molecular weight is 250 g/mol. The minimum Gasteiger partial charge on any atom is -0.481 e. The highest BCUT2D eigenvalue weighted by molar-refractivity contribution is 7.89. The van der Waals surface area contributed by atoms with Gasteiger partial charge >= 0.3 is 5.97 Å². The van der Waals surface area contributed by atoms with E-state index in [1.165, 1.54) is 4.31 Å². The zero-order chi connectivity index (χ0) is 12.2. The summed E-state index contributed by atoms with van der Waals surface area (Å²) in [6.07, 6.45) is 1.20. The Morgan fingerprint density at radius 1 is 1.38 bits per heavy atom. The molecule has 16 heavy (non-hydrogen) atoms. The maximum absolute atomic E-state index is 11.7. The molecule has 3 N–H and O–H groups in total. The summed E-state index contributed by atoms with van der Waals surface area (Å²) in [6, 6.07) is 0. The molecule has 0 aromatic rings. The maximum Gasteiger partial charge on any atom is 0.304 e. The molecule has 1 aliphatic rings. The molecule has 0 bridgehead atoms. The van der Waals surface area contributed by atoms with Gasteiger partial charge in [0.05, 0.1) is 12.2 Å². The van der Waals surface area contributed by atoms with Crippen molar-refractivity contribution in [2.45, 2.75) is 19.3 Å². The van der Waals surface area contributed by atoms with E-state index in [4.69, 9.17) is 10.8 Å². The van der Waals surface area contributed by atoms with Gasteiger partial charge in [-0.3, -0.25) is 4.79 Å². The summed E-state index contributed by atoms with van der Waals surface area (Å²) in [5, 5.41) is 8.46. The Balaban J connectivity index is 2.48. The zero-order valence-electron chi connectivity index (χ0n) is 9.13. The van der Waals surface area contributed by atoms with Gasteiger partial charge in [0.15, 0.2) is 0 Å². The van der Waals surface area contributed by atoms with E-state index in [2.05, 4.69) is 0 Å². The van der Waals surface area contributed by atoms with E-state index in [0.29, 0.717) is 25.6 Å². The molecule has 0 aliphatic carbocycles. The van der Waals surface area contributed by atoms with E-state index in [1.807, 2.05) is 0 Å². The monoisotopic (exact) mass is 250 g/mol.